The van der Waals surface area contributed by atoms with Gasteiger partial charge in [-0.25, -0.2) is 4.98 Å². The lowest BCUT2D eigenvalue weighted by Crippen LogP contribution is -2.27. The number of carbonyl (C=O) groups is 1. The molecular formula is C16H18ClN3O. The van der Waals surface area contributed by atoms with Crippen molar-refractivity contribution in [2.24, 2.45) is 0 Å². The van der Waals surface area contributed by atoms with Crippen molar-refractivity contribution in [3.8, 4) is 0 Å². The average Bonchev–Trinajstić information content (AvgIpc) is 2.43. The van der Waals surface area contributed by atoms with Crippen molar-refractivity contribution in [1.29, 1.82) is 0 Å². The number of aromatic nitrogens is 1. The minimum atomic E-state index is -0.195. The molecule has 0 aliphatic carbocycles. The van der Waals surface area contributed by atoms with Gasteiger partial charge in [-0.3, -0.25) is 4.79 Å². The van der Waals surface area contributed by atoms with Crippen molar-refractivity contribution in [2.75, 3.05) is 12.8 Å². The molecule has 0 aliphatic rings. The van der Waals surface area contributed by atoms with Gasteiger partial charge in [-0.05, 0) is 31.0 Å². The maximum Gasteiger partial charge on any atom is 0.257 e. The molecule has 21 heavy (non-hydrogen) atoms. The van der Waals surface area contributed by atoms with Crippen LogP contribution in [-0.4, -0.2) is 22.8 Å². The summed E-state index contributed by atoms with van der Waals surface area (Å²) in [5.41, 5.74) is 9.87. The molecule has 4 nitrogen and oxygen atoms in total. The number of carbonyl (C=O) groups excluding carboxylic acids is 1. The third-order valence-electron chi connectivity index (χ3n) is 3.34. The standard InChI is InChI=1S/C16H18ClN3O/c1-10-4-5-12(11(2)6-10)9-20(3)16(21)14-7-13(18)8-19-15(14)17/h4-8H,9,18H2,1-3H3. The van der Waals surface area contributed by atoms with E-state index in [0.29, 0.717) is 17.8 Å². The van der Waals surface area contributed by atoms with Crippen LogP contribution in [0.25, 0.3) is 0 Å². The number of nitrogens with two attached hydrogens (primary N) is 1. The number of nitrogen functional groups attached to an aromatic ring is 1. The fourth-order valence-corrected chi connectivity index (χ4v) is 2.35. The Balaban J connectivity index is 2.21. The molecule has 0 atom stereocenters. The largest absolute Gasteiger partial charge is 0.397 e. The number of hydrogen-bond acceptors (Lipinski definition) is 3. The number of hydrogen-bond donors (Lipinski definition) is 1. The Hall–Kier alpha value is -2.07. The van der Waals surface area contributed by atoms with Crippen molar-refractivity contribution in [3.05, 3.63) is 57.9 Å². The van der Waals surface area contributed by atoms with Crippen LogP contribution < -0.4 is 5.73 Å². The summed E-state index contributed by atoms with van der Waals surface area (Å²) in [6, 6.07) is 7.72. The number of anilines is 1. The van der Waals surface area contributed by atoms with E-state index in [1.807, 2.05) is 26.0 Å². The van der Waals surface area contributed by atoms with E-state index in [1.54, 1.807) is 18.0 Å². The van der Waals surface area contributed by atoms with E-state index in [0.717, 1.165) is 11.1 Å². The molecule has 0 saturated heterocycles. The Labute approximate surface area is 129 Å². The highest BCUT2D eigenvalue weighted by Crippen LogP contribution is 2.19. The fraction of sp³-hybridized carbons (Fsp3) is 0.250. The van der Waals surface area contributed by atoms with Crippen LogP contribution in [0.15, 0.2) is 30.5 Å². The first-order valence-electron chi connectivity index (χ1n) is 6.61. The van der Waals surface area contributed by atoms with E-state index in [4.69, 9.17) is 17.3 Å². The number of halogens is 1. The Morgan fingerprint density at radius 1 is 1.33 bits per heavy atom. The quantitative estimate of drug-likeness (QED) is 0.886. The third kappa shape index (κ3) is 3.52. The lowest BCUT2D eigenvalue weighted by molar-refractivity contribution is 0.0784. The van der Waals surface area contributed by atoms with E-state index < -0.39 is 0 Å². The number of pyridine rings is 1. The molecule has 110 valence electrons. The first-order valence-corrected chi connectivity index (χ1v) is 6.99. The van der Waals surface area contributed by atoms with Gasteiger partial charge < -0.3 is 10.6 Å². The third-order valence-corrected chi connectivity index (χ3v) is 3.64. The number of benzene rings is 1. The van der Waals surface area contributed by atoms with Crippen LogP contribution in [0, 0.1) is 13.8 Å². The number of aryl methyl sites for hydroxylation is 2. The van der Waals surface area contributed by atoms with E-state index in [9.17, 15) is 4.79 Å². The summed E-state index contributed by atoms with van der Waals surface area (Å²) in [5.74, 6) is -0.195. The Kier molecular flexibility index (Phi) is 4.48. The van der Waals surface area contributed by atoms with Crippen LogP contribution in [0.4, 0.5) is 5.69 Å². The predicted octanol–water partition coefficient (Wildman–Crippen LogP) is 3.21. The lowest BCUT2D eigenvalue weighted by atomic mass is 10.1. The predicted molar refractivity (Wildman–Crippen MR) is 85.4 cm³/mol. The average molecular weight is 304 g/mol. The van der Waals surface area contributed by atoms with E-state index in [2.05, 4.69) is 11.1 Å². The maximum absolute atomic E-state index is 12.4. The summed E-state index contributed by atoms with van der Waals surface area (Å²) in [4.78, 5) is 18.0. The van der Waals surface area contributed by atoms with Gasteiger partial charge in [-0.15, -0.1) is 0 Å². The second-order valence-electron chi connectivity index (χ2n) is 5.20. The zero-order valence-electron chi connectivity index (χ0n) is 12.4. The van der Waals surface area contributed by atoms with Crippen LogP contribution in [0.5, 0.6) is 0 Å². The molecule has 5 heteroatoms. The van der Waals surface area contributed by atoms with Gasteiger partial charge in [-0.2, -0.15) is 0 Å². The first-order chi connectivity index (χ1) is 9.88. The zero-order chi connectivity index (χ0) is 15.6. The van der Waals surface area contributed by atoms with Crippen molar-refractivity contribution in [1.82, 2.24) is 9.88 Å². The molecule has 1 aromatic carbocycles. The van der Waals surface area contributed by atoms with Crippen molar-refractivity contribution in [3.63, 3.8) is 0 Å². The van der Waals surface area contributed by atoms with E-state index in [-0.39, 0.29) is 11.1 Å². The maximum atomic E-state index is 12.4. The molecule has 2 rings (SSSR count). The highest BCUT2D eigenvalue weighted by atomic mass is 35.5. The monoisotopic (exact) mass is 303 g/mol. The SMILES string of the molecule is Cc1ccc(CN(C)C(=O)c2cc(N)cnc2Cl)c(C)c1. The smallest absolute Gasteiger partial charge is 0.257 e. The Morgan fingerprint density at radius 2 is 2.05 bits per heavy atom. The van der Waals surface area contributed by atoms with Gasteiger partial charge in [0.05, 0.1) is 17.4 Å². The summed E-state index contributed by atoms with van der Waals surface area (Å²) in [6.45, 7) is 4.59. The normalized spacial score (nSPS) is 10.5. The molecule has 1 heterocycles. The molecule has 0 radical (unpaired) electrons. The van der Waals surface area contributed by atoms with Crippen molar-refractivity contribution in [2.45, 2.75) is 20.4 Å². The van der Waals surface area contributed by atoms with Gasteiger partial charge in [0.2, 0.25) is 0 Å². The van der Waals surface area contributed by atoms with Crippen LogP contribution in [0.3, 0.4) is 0 Å². The minimum Gasteiger partial charge on any atom is -0.397 e. The summed E-state index contributed by atoms with van der Waals surface area (Å²) < 4.78 is 0. The van der Waals surface area contributed by atoms with E-state index in [1.165, 1.54) is 11.8 Å². The highest BCUT2D eigenvalue weighted by Gasteiger charge is 2.17. The number of nitrogens with zero attached hydrogens (tertiary/aromatic N) is 2. The zero-order valence-corrected chi connectivity index (χ0v) is 13.1. The van der Waals surface area contributed by atoms with Crippen molar-refractivity contribution < 1.29 is 4.79 Å². The highest BCUT2D eigenvalue weighted by molar-refractivity contribution is 6.32. The minimum absolute atomic E-state index is 0.168. The van der Waals surface area contributed by atoms with Gasteiger partial charge in [-0.1, -0.05) is 35.4 Å². The lowest BCUT2D eigenvalue weighted by Gasteiger charge is -2.19. The molecule has 0 saturated carbocycles. The molecule has 0 unspecified atom stereocenters. The second-order valence-corrected chi connectivity index (χ2v) is 5.56. The van der Waals surface area contributed by atoms with Gasteiger partial charge in [0.1, 0.15) is 5.15 Å². The number of amides is 1. The van der Waals surface area contributed by atoms with Gasteiger partial charge in [0, 0.05) is 13.6 Å². The van der Waals surface area contributed by atoms with Crippen molar-refractivity contribution >= 4 is 23.2 Å². The van der Waals surface area contributed by atoms with Gasteiger partial charge in [0.15, 0.2) is 0 Å². The topological polar surface area (TPSA) is 59.2 Å². The van der Waals surface area contributed by atoms with E-state index >= 15 is 0 Å². The molecule has 1 aromatic heterocycles. The Morgan fingerprint density at radius 3 is 2.71 bits per heavy atom. The molecule has 0 bridgehead atoms. The molecular weight excluding hydrogens is 286 g/mol. The van der Waals surface area contributed by atoms with Crippen LogP contribution in [-0.2, 0) is 6.54 Å². The summed E-state index contributed by atoms with van der Waals surface area (Å²) in [7, 11) is 1.74. The molecule has 0 aliphatic heterocycles. The van der Waals surface area contributed by atoms with Gasteiger partial charge >= 0.3 is 0 Å². The molecule has 0 spiro atoms. The summed E-state index contributed by atoms with van der Waals surface area (Å²) >= 11 is 5.98. The Bertz CT molecular complexity index is 685. The van der Waals surface area contributed by atoms with Crippen LogP contribution in [0.1, 0.15) is 27.0 Å². The molecule has 0 fully saturated rings. The summed E-state index contributed by atoms with van der Waals surface area (Å²) in [6.07, 6.45) is 1.43. The fourth-order valence-electron chi connectivity index (χ4n) is 2.17. The van der Waals surface area contributed by atoms with Gasteiger partial charge in [0.25, 0.3) is 5.91 Å². The van der Waals surface area contributed by atoms with Crippen LogP contribution >= 0.6 is 11.6 Å². The molecule has 2 N–H and O–H groups in total. The molecule has 2 aromatic rings. The van der Waals surface area contributed by atoms with Crippen LogP contribution in [0.2, 0.25) is 5.15 Å². The number of rotatable bonds is 3. The molecule has 1 amide bonds. The second kappa shape index (κ2) is 6.14. The first kappa shape index (κ1) is 15.3. The summed E-state index contributed by atoms with van der Waals surface area (Å²) in [5, 5.41) is 0.168.